The van der Waals surface area contributed by atoms with Gasteiger partial charge in [0.15, 0.2) is 0 Å². The highest BCUT2D eigenvalue weighted by Gasteiger charge is 2.14. The Bertz CT molecular complexity index is 399. The van der Waals surface area contributed by atoms with Crippen molar-refractivity contribution < 1.29 is 4.74 Å². The maximum absolute atomic E-state index is 5.80. The molecule has 0 heterocycles. The quantitative estimate of drug-likeness (QED) is 0.381. The summed E-state index contributed by atoms with van der Waals surface area (Å²) in [5, 5.41) is 0.694. The lowest BCUT2D eigenvalue weighted by Gasteiger charge is -2.11. The standard InChI is InChI=1S/C13H18ClN3O/c14-10-5-7-12(8-6-10)18-9-13(17-15)16-11-3-1-2-4-11/h5-8,11H,1-4,9,15H2,(H,16,17). The number of ether oxygens (including phenoxy) is 1. The minimum absolute atomic E-state index is 0.356. The Hall–Kier alpha value is -1.26. The lowest BCUT2D eigenvalue weighted by atomic mass is 10.3. The van der Waals surface area contributed by atoms with Gasteiger partial charge in [-0.25, -0.2) is 5.84 Å². The summed E-state index contributed by atoms with van der Waals surface area (Å²) in [5.41, 5.74) is 2.61. The summed E-state index contributed by atoms with van der Waals surface area (Å²) in [6.07, 6.45) is 4.80. The lowest BCUT2D eigenvalue weighted by molar-refractivity contribution is 0.371. The van der Waals surface area contributed by atoms with E-state index in [1.54, 1.807) is 12.1 Å². The number of hydrazine groups is 1. The van der Waals surface area contributed by atoms with Gasteiger partial charge in [-0.2, -0.15) is 0 Å². The van der Waals surface area contributed by atoms with Crippen LogP contribution in [0.15, 0.2) is 29.3 Å². The highest BCUT2D eigenvalue weighted by Crippen LogP contribution is 2.21. The SMILES string of the molecule is NNC(COc1ccc(Cl)cc1)=NC1CCCC1. The van der Waals surface area contributed by atoms with E-state index >= 15 is 0 Å². The summed E-state index contributed by atoms with van der Waals surface area (Å²) in [6.45, 7) is 0.356. The number of amidine groups is 1. The molecule has 0 saturated heterocycles. The first-order valence-corrected chi connectivity index (χ1v) is 6.57. The lowest BCUT2D eigenvalue weighted by Crippen LogP contribution is -2.35. The molecule has 0 amide bonds. The van der Waals surface area contributed by atoms with Gasteiger partial charge in [-0.1, -0.05) is 24.4 Å². The van der Waals surface area contributed by atoms with Crippen LogP contribution >= 0.6 is 11.6 Å². The van der Waals surface area contributed by atoms with Crippen LogP contribution in [0.4, 0.5) is 0 Å². The van der Waals surface area contributed by atoms with Crippen molar-refractivity contribution in [2.75, 3.05) is 6.61 Å². The Morgan fingerprint density at radius 3 is 2.61 bits per heavy atom. The molecule has 1 saturated carbocycles. The Kier molecular flexibility index (Phi) is 4.84. The van der Waals surface area contributed by atoms with Crippen LogP contribution in [0.5, 0.6) is 5.75 Å². The molecule has 1 aromatic carbocycles. The monoisotopic (exact) mass is 267 g/mol. The van der Waals surface area contributed by atoms with Gasteiger partial charge < -0.3 is 10.2 Å². The molecule has 18 heavy (non-hydrogen) atoms. The molecule has 0 spiro atoms. The van der Waals surface area contributed by atoms with Gasteiger partial charge in [0.25, 0.3) is 0 Å². The number of halogens is 1. The second kappa shape index (κ2) is 6.61. The average Bonchev–Trinajstić information content (AvgIpc) is 2.89. The van der Waals surface area contributed by atoms with Crippen LogP contribution in [-0.4, -0.2) is 18.5 Å². The van der Waals surface area contributed by atoms with Gasteiger partial charge in [-0.05, 0) is 37.1 Å². The number of benzene rings is 1. The average molecular weight is 268 g/mol. The predicted octanol–water partition coefficient (Wildman–Crippen LogP) is 2.52. The molecule has 0 atom stereocenters. The summed E-state index contributed by atoms with van der Waals surface area (Å²) < 4.78 is 5.59. The molecule has 1 fully saturated rings. The van der Waals surface area contributed by atoms with Gasteiger partial charge in [0.2, 0.25) is 0 Å². The van der Waals surface area contributed by atoms with Crippen LogP contribution in [0.3, 0.4) is 0 Å². The number of hydrogen-bond acceptors (Lipinski definition) is 3. The molecule has 1 aliphatic rings. The fourth-order valence-electron chi connectivity index (χ4n) is 2.05. The van der Waals surface area contributed by atoms with E-state index in [4.69, 9.17) is 22.2 Å². The van der Waals surface area contributed by atoms with Crippen molar-refractivity contribution in [1.29, 1.82) is 0 Å². The number of hydrogen-bond donors (Lipinski definition) is 2. The van der Waals surface area contributed by atoms with Crippen molar-refractivity contribution in [3.63, 3.8) is 0 Å². The molecule has 98 valence electrons. The van der Waals surface area contributed by atoms with E-state index in [2.05, 4.69) is 10.4 Å². The number of nitrogens with one attached hydrogen (secondary N) is 1. The second-order valence-corrected chi connectivity index (χ2v) is 4.84. The van der Waals surface area contributed by atoms with E-state index < -0.39 is 0 Å². The van der Waals surface area contributed by atoms with Crippen molar-refractivity contribution in [1.82, 2.24) is 5.43 Å². The van der Waals surface area contributed by atoms with E-state index in [1.807, 2.05) is 12.1 Å². The van der Waals surface area contributed by atoms with E-state index in [0.717, 1.165) is 18.6 Å². The van der Waals surface area contributed by atoms with E-state index in [0.29, 0.717) is 23.5 Å². The number of rotatable bonds is 4. The summed E-state index contributed by atoms with van der Waals surface area (Å²) in [7, 11) is 0. The first-order valence-electron chi connectivity index (χ1n) is 6.19. The first kappa shape index (κ1) is 13.2. The Morgan fingerprint density at radius 2 is 2.00 bits per heavy atom. The molecular weight excluding hydrogens is 250 g/mol. The predicted molar refractivity (Wildman–Crippen MR) is 74.0 cm³/mol. The van der Waals surface area contributed by atoms with Crippen LogP contribution < -0.4 is 16.0 Å². The third-order valence-corrected chi connectivity index (χ3v) is 3.27. The maximum atomic E-state index is 5.80. The van der Waals surface area contributed by atoms with Gasteiger partial charge in [0.1, 0.15) is 18.2 Å². The van der Waals surface area contributed by atoms with Crippen molar-refractivity contribution in [3.8, 4) is 5.75 Å². The fourth-order valence-corrected chi connectivity index (χ4v) is 2.18. The van der Waals surface area contributed by atoms with Crippen molar-refractivity contribution >= 4 is 17.4 Å². The topological polar surface area (TPSA) is 59.6 Å². The Morgan fingerprint density at radius 1 is 1.33 bits per heavy atom. The third-order valence-electron chi connectivity index (χ3n) is 3.02. The molecule has 4 nitrogen and oxygen atoms in total. The van der Waals surface area contributed by atoms with Crippen LogP contribution in [-0.2, 0) is 0 Å². The summed E-state index contributed by atoms with van der Waals surface area (Å²) in [6, 6.07) is 7.63. The second-order valence-electron chi connectivity index (χ2n) is 4.40. The Balaban J connectivity index is 1.88. The number of nitrogens with two attached hydrogens (primary N) is 1. The minimum atomic E-state index is 0.356. The highest BCUT2D eigenvalue weighted by molar-refractivity contribution is 6.30. The largest absolute Gasteiger partial charge is 0.486 e. The van der Waals surface area contributed by atoms with Crippen molar-refractivity contribution in [2.24, 2.45) is 10.8 Å². The molecule has 0 aromatic heterocycles. The van der Waals surface area contributed by atoms with Crippen LogP contribution in [0.2, 0.25) is 5.02 Å². The normalized spacial score (nSPS) is 16.9. The molecular formula is C13H18ClN3O. The zero-order valence-corrected chi connectivity index (χ0v) is 11.0. The highest BCUT2D eigenvalue weighted by atomic mass is 35.5. The van der Waals surface area contributed by atoms with Gasteiger partial charge in [0.05, 0.1) is 6.04 Å². The Labute approximate surface area is 112 Å². The zero-order chi connectivity index (χ0) is 12.8. The molecule has 5 heteroatoms. The molecule has 1 aromatic rings. The van der Waals surface area contributed by atoms with Gasteiger partial charge in [-0.3, -0.25) is 4.99 Å². The molecule has 1 aliphatic carbocycles. The van der Waals surface area contributed by atoms with Gasteiger partial charge >= 0.3 is 0 Å². The van der Waals surface area contributed by atoms with E-state index in [9.17, 15) is 0 Å². The van der Waals surface area contributed by atoms with Crippen molar-refractivity contribution in [3.05, 3.63) is 29.3 Å². The zero-order valence-electron chi connectivity index (χ0n) is 10.2. The minimum Gasteiger partial charge on any atom is -0.486 e. The molecule has 3 N–H and O–H groups in total. The van der Waals surface area contributed by atoms with Gasteiger partial charge in [0, 0.05) is 5.02 Å². The summed E-state index contributed by atoms with van der Waals surface area (Å²) >= 11 is 5.80. The van der Waals surface area contributed by atoms with Gasteiger partial charge in [-0.15, -0.1) is 0 Å². The van der Waals surface area contributed by atoms with Crippen LogP contribution in [0.25, 0.3) is 0 Å². The first-order chi connectivity index (χ1) is 8.78. The molecule has 2 rings (SSSR count). The van der Waals surface area contributed by atoms with E-state index in [-0.39, 0.29) is 0 Å². The number of nitrogens with zero attached hydrogens (tertiary/aromatic N) is 1. The molecule has 0 bridgehead atoms. The molecule has 0 unspecified atom stereocenters. The number of aliphatic imine (C=N–C) groups is 1. The smallest absolute Gasteiger partial charge is 0.149 e. The van der Waals surface area contributed by atoms with Crippen LogP contribution in [0.1, 0.15) is 25.7 Å². The molecule has 0 aliphatic heterocycles. The maximum Gasteiger partial charge on any atom is 0.149 e. The van der Waals surface area contributed by atoms with Crippen LogP contribution in [0, 0.1) is 0 Å². The summed E-state index contributed by atoms with van der Waals surface area (Å²) in [4.78, 5) is 4.56. The molecule has 0 radical (unpaired) electrons. The van der Waals surface area contributed by atoms with Crippen molar-refractivity contribution in [2.45, 2.75) is 31.7 Å². The fraction of sp³-hybridized carbons (Fsp3) is 0.462. The summed E-state index contributed by atoms with van der Waals surface area (Å²) in [5.74, 6) is 6.91. The van der Waals surface area contributed by atoms with E-state index in [1.165, 1.54) is 12.8 Å². The third kappa shape index (κ3) is 3.89.